The Morgan fingerprint density at radius 2 is 1.60 bits per heavy atom. The molecule has 2 aliphatic carbocycles. The van der Waals surface area contributed by atoms with Gasteiger partial charge in [0.15, 0.2) is 5.78 Å². The summed E-state index contributed by atoms with van der Waals surface area (Å²) in [6.45, 7) is 1.45. The van der Waals surface area contributed by atoms with Crippen LogP contribution in [-0.2, 0) is 31.0 Å². The van der Waals surface area contributed by atoms with E-state index in [1.165, 1.54) is 16.7 Å². The summed E-state index contributed by atoms with van der Waals surface area (Å²) in [6.07, 6.45) is 4.38. The van der Waals surface area contributed by atoms with Gasteiger partial charge in [0.1, 0.15) is 11.5 Å². The van der Waals surface area contributed by atoms with Crippen LogP contribution in [0.1, 0.15) is 41.3 Å². The second kappa shape index (κ2) is 12.1. The van der Waals surface area contributed by atoms with E-state index >= 15 is 4.79 Å². The number of rotatable bonds is 5. The van der Waals surface area contributed by atoms with E-state index in [2.05, 4.69) is 0 Å². The lowest BCUT2D eigenvalue weighted by Crippen LogP contribution is -2.55. The summed E-state index contributed by atoms with van der Waals surface area (Å²) in [5, 5.41) is 10.8. The maximum atomic E-state index is 15.4. The summed E-state index contributed by atoms with van der Waals surface area (Å²) in [4.78, 5) is 73.5. The highest BCUT2D eigenvalue weighted by atomic mass is 35.5. The quantitative estimate of drug-likeness (QED) is 0.134. The number of ketones is 1. The molecule has 1 saturated carbocycles. The van der Waals surface area contributed by atoms with Crippen LogP contribution in [-0.4, -0.2) is 34.5 Å². The Morgan fingerprint density at radius 3 is 2.34 bits per heavy atom. The van der Waals surface area contributed by atoms with Crippen LogP contribution in [0.4, 0.5) is 11.4 Å². The number of ether oxygens (including phenoxy) is 1. The van der Waals surface area contributed by atoms with E-state index in [1.54, 1.807) is 73.0 Å². The molecule has 10 heteroatoms. The Bertz CT molecular complexity index is 2330. The van der Waals surface area contributed by atoms with Crippen LogP contribution in [0.25, 0.3) is 0 Å². The molecule has 0 radical (unpaired) electrons. The number of Topliss-reactive ketones (excluding diaryl/α,β-unsaturated/α-hetero) is 1. The molecule has 5 aliphatic rings. The molecule has 0 bridgehead atoms. The zero-order chi connectivity index (χ0) is 36.8. The van der Waals surface area contributed by atoms with Crippen LogP contribution >= 0.6 is 11.6 Å². The number of aromatic hydroxyl groups is 1. The SMILES string of the molecule is CC(=O)c1ccc(N2C(=O)C3CC=C4C(CC5C(=O)N(c6cccc(Cl)c6)C(=O)C5(c5ccccc5)C4C4=COc5ccc(O)cc5C4)C3C2=O)cc1. The number of fused-ring (bicyclic) bond motifs is 5. The molecule has 0 spiro atoms. The van der Waals surface area contributed by atoms with Gasteiger partial charge in [-0.1, -0.05) is 59.6 Å². The van der Waals surface area contributed by atoms with Crippen molar-refractivity contribution in [1.29, 1.82) is 0 Å². The first kappa shape index (κ1) is 33.1. The number of anilines is 2. The van der Waals surface area contributed by atoms with Crippen molar-refractivity contribution >= 4 is 52.4 Å². The third kappa shape index (κ3) is 4.79. The number of halogens is 1. The van der Waals surface area contributed by atoms with E-state index in [-0.39, 0.29) is 36.2 Å². The van der Waals surface area contributed by atoms with Crippen molar-refractivity contribution in [2.24, 2.45) is 29.6 Å². The van der Waals surface area contributed by atoms with Gasteiger partial charge in [-0.3, -0.25) is 28.9 Å². The van der Waals surface area contributed by atoms with Gasteiger partial charge in [0.2, 0.25) is 23.6 Å². The molecular formula is C43H33ClN2O7. The normalized spacial score (nSPS) is 27.3. The van der Waals surface area contributed by atoms with Gasteiger partial charge in [0.25, 0.3) is 0 Å². The first-order chi connectivity index (χ1) is 25.6. The van der Waals surface area contributed by atoms with Gasteiger partial charge in [0.05, 0.1) is 40.8 Å². The molecule has 3 fully saturated rings. The van der Waals surface area contributed by atoms with Crippen molar-refractivity contribution in [3.63, 3.8) is 0 Å². The fourth-order valence-corrected chi connectivity index (χ4v) is 9.84. The van der Waals surface area contributed by atoms with E-state index in [4.69, 9.17) is 16.3 Å². The molecule has 9 nitrogen and oxygen atoms in total. The molecule has 0 aromatic heterocycles. The van der Waals surface area contributed by atoms with E-state index in [1.807, 2.05) is 36.4 Å². The summed E-state index contributed by atoms with van der Waals surface area (Å²) in [5.41, 5.74) is 2.66. The van der Waals surface area contributed by atoms with Crippen LogP contribution in [0.3, 0.4) is 0 Å². The van der Waals surface area contributed by atoms with E-state index in [0.29, 0.717) is 45.3 Å². The van der Waals surface area contributed by atoms with E-state index in [9.17, 15) is 24.3 Å². The second-order valence-electron chi connectivity index (χ2n) is 14.5. The van der Waals surface area contributed by atoms with Gasteiger partial charge in [-0.2, -0.15) is 0 Å². The lowest BCUT2D eigenvalue weighted by atomic mass is 9.48. The monoisotopic (exact) mass is 724 g/mol. The largest absolute Gasteiger partial charge is 0.508 e. The van der Waals surface area contributed by atoms with Gasteiger partial charge in [-0.05, 0) is 97.5 Å². The van der Waals surface area contributed by atoms with Crippen LogP contribution in [0, 0.1) is 29.6 Å². The minimum absolute atomic E-state index is 0.0660. The molecule has 4 aromatic carbocycles. The van der Waals surface area contributed by atoms with Crippen molar-refractivity contribution in [2.45, 2.75) is 31.6 Å². The number of carbonyl (C=O) groups is 5. The number of phenols is 1. The Hall–Kier alpha value is -5.80. The minimum atomic E-state index is -1.44. The average molecular weight is 725 g/mol. The van der Waals surface area contributed by atoms with Gasteiger partial charge in [0, 0.05) is 28.5 Å². The topological polar surface area (TPSA) is 121 Å². The number of allylic oxidation sites excluding steroid dienone is 3. The lowest BCUT2D eigenvalue weighted by Gasteiger charge is -2.51. The predicted molar refractivity (Wildman–Crippen MR) is 196 cm³/mol. The standard InChI is InChI=1S/C43H33ClN2O7/c1-23(47)24-10-12-29(13-11-24)45-39(49)33-16-15-32-34(37(33)41(45)51)21-35-40(50)46(30-9-5-8-28(44)20-30)42(52)43(35,27-6-3-2-4-7-27)38(32)26-18-25-19-31(48)14-17-36(25)53-22-26/h2-15,17,19-20,22,33-35,37-38,48H,16,18,21H2,1H3. The smallest absolute Gasteiger partial charge is 0.246 e. The number of carbonyl (C=O) groups excluding carboxylic acids is 5. The maximum absolute atomic E-state index is 15.4. The highest BCUT2D eigenvalue weighted by Crippen LogP contribution is 2.64. The van der Waals surface area contributed by atoms with E-state index < -0.39 is 46.8 Å². The zero-order valence-electron chi connectivity index (χ0n) is 28.6. The Balaban J connectivity index is 1.23. The Labute approximate surface area is 310 Å². The number of hydrogen-bond donors (Lipinski definition) is 1. The third-order valence-corrected chi connectivity index (χ3v) is 12.1. The molecule has 6 atom stereocenters. The van der Waals surface area contributed by atoms with Gasteiger partial charge >= 0.3 is 0 Å². The maximum Gasteiger partial charge on any atom is 0.246 e. The van der Waals surface area contributed by atoms with Crippen molar-refractivity contribution < 1.29 is 33.8 Å². The van der Waals surface area contributed by atoms with Crippen molar-refractivity contribution in [1.82, 2.24) is 0 Å². The summed E-state index contributed by atoms with van der Waals surface area (Å²) in [7, 11) is 0. The molecule has 6 unspecified atom stereocenters. The zero-order valence-corrected chi connectivity index (χ0v) is 29.3. The van der Waals surface area contributed by atoms with Crippen LogP contribution in [0.2, 0.25) is 5.02 Å². The van der Waals surface area contributed by atoms with Gasteiger partial charge in [-0.25, -0.2) is 4.90 Å². The number of phenolic OH excluding ortho intramolecular Hbond substituents is 1. The first-order valence-electron chi connectivity index (χ1n) is 17.6. The summed E-state index contributed by atoms with van der Waals surface area (Å²) >= 11 is 6.42. The second-order valence-corrected chi connectivity index (χ2v) is 14.9. The van der Waals surface area contributed by atoms with Crippen molar-refractivity contribution in [2.75, 3.05) is 9.80 Å². The minimum Gasteiger partial charge on any atom is -0.508 e. The number of amides is 4. The van der Waals surface area contributed by atoms with Crippen LogP contribution < -0.4 is 14.5 Å². The number of nitrogens with zero attached hydrogens (tertiary/aromatic N) is 2. The fourth-order valence-electron chi connectivity index (χ4n) is 9.66. The van der Waals surface area contributed by atoms with Gasteiger partial charge in [-0.15, -0.1) is 0 Å². The van der Waals surface area contributed by atoms with Crippen LogP contribution in [0.15, 0.2) is 121 Å². The molecule has 3 aliphatic heterocycles. The molecule has 9 rings (SSSR count). The summed E-state index contributed by atoms with van der Waals surface area (Å²) in [5.74, 6) is -4.67. The van der Waals surface area contributed by atoms with E-state index in [0.717, 1.165) is 11.1 Å². The number of imide groups is 2. The van der Waals surface area contributed by atoms with Crippen molar-refractivity contribution in [3.05, 3.63) is 142 Å². The predicted octanol–water partition coefficient (Wildman–Crippen LogP) is 6.97. The van der Waals surface area contributed by atoms with Crippen molar-refractivity contribution in [3.8, 4) is 11.5 Å². The highest BCUT2D eigenvalue weighted by molar-refractivity contribution is 6.32. The molecule has 3 heterocycles. The number of hydrogen-bond acceptors (Lipinski definition) is 7. The molecule has 264 valence electrons. The highest BCUT2D eigenvalue weighted by Gasteiger charge is 2.70. The molecular weight excluding hydrogens is 692 g/mol. The fraction of sp³-hybridized carbons (Fsp3) is 0.233. The molecule has 4 amide bonds. The van der Waals surface area contributed by atoms with Gasteiger partial charge < -0.3 is 9.84 Å². The third-order valence-electron chi connectivity index (χ3n) is 11.8. The van der Waals surface area contributed by atoms with Crippen LogP contribution in [0.5, 0.6) is 11.5 Å². The molecule has 2 saturated heterocycles. The molecule has 4 aromatic rings. The average Bonchev–Trinajstić information content (AvgIpc) is 3.55. The first-order valence-corrected chi connectivity index (χ1v) is 18.0. The summed E-state index contributed by atoms with van der Waals surface area (Å²) in [6, 6.07) is 27.3. The Morgan fingerprint density at radius 1 is 0.830 bits per heavy atom. The molecule has 53 heavy (non-hydrogen) atoms. The molecule has 1 N–H and O–H groups in total. The lowest BCUT2D eigenvalue weighted by molar-refractivity contribution is -0.128. The summed E-state index contributed by atoms with van der Waals surface area (Å²) < 4.78 is 6.19. The number of benzene rings is 4. The Kier molecular flexibility index (Phi) is 7.57.